The fraction of sp³-hybridized carbons (Fsp3) is 0.611. The third-order valence-corrected chi connectivity index (χ3v) is 4.69. The number of phenols is 1. The third-order valence-electron chi connectivity index (χ3n) is 3.96. The second-order valence-corrected chi connectivity index (χ2v) is 8.69. The van der Waals surface area contributed by atoms with Gasteiger partial charge in [-0.3, -0.25) is 0 Å². The van der Waals surface area contributed by atoms with Crippen LogP contribution < -0.4 is 0 Å². The SMILES string of the molecule is CC(C)(C)c1cc(C2=NO[C@H](CBr)C2)cc(C(C)(C)C)c1O. The second-order valence-electron chi connectivity index (χ2n) is 8.04. The molecule has 0 unspecified atom stereocenters. The highest BCUT2D eigenvalue weighted by atomic mass is 79.9. The van der Waals surface area contributed by atoms with Crippen molar-refractivity contribution in [2.75, 3.05) is 5.33 Å². The van der Waals surface area contributed by atoms with Crippen molar-refractivity contribution >= 4 is 21.6 Å². The molecule has 0 saturated heterocycles. The lowest BCUT2D eigenvalue weighted by Crippen LogP contribution is -2.19. The molecule has 0 saturated carbocycles. The number of hydrogen-bond donors (Lipinski definition) is 1. The predicted molar refractivity (Wildman–Crippen MR) is 95.3 cm³/mol. The molecule has 1 aliphatic heterocycles. The first-order valence-electron chi connectivity index (χ1n) is 7.71. The highest BCUT2D eigenvalue weighted by Crippen LogP contribution is 2.40. The summed E-state index contributed by atoms with van der Waals surface area (Å²) in [6.45, 7) is 12.7. The van der Waals surface area contributed by atoms with Crippen LogP contribution in [0.25, 0.3) is 0 Å². The van der Waals surface area contributed by atoms with E-state index in [2.05, 4.69) is 74.8 Å². The van der Waals surface area contributed by atoms with Crippen LogP contribution in [-0.2, 0) is 15.7 Å². The van der Waals surface area contributed by atoms with Gasteiger partial charge in [-0.2, -0.15) is 0 Å². The number of alkyl halides is 1. The lowest BCUT2D eigenvalue weighted by atomic mass is 9.78. The van der Waals surface area contributed by atoms with E-state index in [1.165, 1.54) is 0 Å². The van der Waals surface area contributed by atoms with Crippen molar-refractivity contribution < 1.29 is 9.94 Å². The Morgan fingerprint density at radius 2 is 1.64 bits per heavy atom. The van der Waals surface area contributed by atoms with Gasteiger partial charge in [0.2, 0.25) is 0 Å². The van der Waals surface area contributed by atoms with Gasteiger partial charge in [-0.25, -0.2) is 0 Å². The van der Waals surface area contributed by atoms with E-state index < -0.39 is 0 Å². The molecule has 0 radical (unpaired) electrons. The van der Waals surface area contributed by atoms with E-state index in [1.807, 2.05) is 0 Å². The average Bonchev–Trinajstić information content (AvgIpc) is 2.85. The van der Waals surface area contributed by atoms with Gasteiger partial charge in [-0.05, 0) is 23.0 Å². The minimum Gasteiger partial charge on any atom is -0.507 e. The van der Waals surface area contributed by atoms with Gasteiger partial charge in [-0.15, -0.1) is 0 Å². The largest absolute Gasteiger partial charge is 0.507 e. The van der Waals surface area contributed by atoms with Crippen molar-refractivity contribution in [3.8, 4) is 5.75 Å². The zero-order valence-electron chi connectivity index (χ0n) is 14.3. The van der Waals surface area contributed by atoms with Gasteiger partial charge in [0.1, 0.15) is 11.9 Å². The summed E-state index contributed by atoms with van der Waals surface area (Å²) in [7, 11) is 0. The molecule has 4 heteroatoms. The normalized spacial score (nSPS) is 19.0. The number of phenolic OH excluding ortho intramolecular Hbond substituents is 1. The Kier molecular flexibility index (Phi) is 4.63. The maximum absolute atomic E-state index is 10.7. The molecule has 3 nitrogen and oxygen atoms in total. The van der Waals surface area contributed by atoms with Crippen LogP contribution in [0.4, 0.5) is 0 Å². The van der Waals surface area contributed by atoms with Gasteiger partial charge in [0.05, 0.1) is 5.71 Å². The summed E-state index contributed by atoms with van der Waals surface area (Å²) in [6.07, 6.45) is 0.892. The van der Waals surface area contributed by atoms with Crippen molar-refractivity contribution in [2.45, 2.75) is 64.9 Å². The number of hydrogen-bond acceptors (Lipinski definition) is 3. The number of benzene rings is 1. The number of rotatable bonds is 2. The summed E-state index contributed by atoms with van der Waals surface area (Å²) < 4.78 is 0. The van der Waals surface area contributed by atoms with Crippen LogP contribution in [0.2, 0.25) is 0 Å². The van der Waals surface area contributed by atoms with Crippen LogP contribution in [0.5, 0.6) is 5.75 Å². The Labute approximate surface area is 141 Å². The van der Waals surface area contributed by atoms with E-state index >= 15 is 0 Å². The Bertz CT molecular complexity index is 559. The van der Waals surface area contributed by atoms with Gasteiger partial charge in [0.15, 0.2) is 0 Å². The summed E-state index contributed by atoms with van der Waals surface area (Å²) in [6, 6.07) is 4.12. The third kappa shape index (κ3) is 3.48. The number of oxime groups is 1. The van der Waals surface area contributed by atoms with E-state index in [4.69, 9.17) is 4.84 Å². The molecule has 0 spiro atoms. The van der Waals surface area contributed by atoms with Gasteiger partial charge in [0.25, 0.3) is 0 Å². The van der Waals surface area contributed by atoms with Crippen LogP contribution in [0.1, 0.15) is 64.7 Å². The van der Waals surface area contributed by atoms with Crippen LogP contribution in [-0.4, -0.2) is 22.3 Å². The first kappa shape index (κ1) is 17.3. The van der Waals surface area contributed by atoms with E-state index in [-0.39, 0.29) is 16.9 Å². The lowest BCUT2D eigenvalue weighted by molar-refractivity contribution is 0.104. The minimum absolute atomic E-state index is 0.0972. The van der Waals surface area contributed by atoms with Gasteiger partial charge in [-0.1, -0.05) is 62.6 Å². The fourth-order valence-electron chi connectivity index (χ4n) is 2.63. The molecular formula is C18H26BrNO2. The maximum Gasteiger partial charge on any atom is 0.142 e. The molecule has 0 amide bonds. The van der Waals surface area contributed by atoms with Crippen molar-refractivity contribution in [3.63, 3.8) is 0 Å². The molecule has 1 aromatic carbocycles. The monoisotopic (exact) mass is 367 g/mol. The number of aromatic hydroxyl groups is 1. The van der Waals surface area contributed by atoms with E-state index in [0.29, 0.717) is 5.75 Å². The Balaban J connectivity index is 2.57. The molecule has 22 heavy (non-hydrogen) atoms. The van der Waals surface area contributed by atoms with E-state index in [9.17, 15) is 5.11 Å². The Hall–Kier alpha value is -1.03. The summed E-state index contributed by atoms with van der Waals surface area (Å²) in [5, 5.41) is 15.8. The Morgan fingerprint density at radius 3 is 2.00 bits per heavy atom. The van der Waals surface area contributed by atoms with Crippen molar-refractivity contribution in [2.24, 2.45) is 5.16 Å². The number of nitrogens with zero attached hydrogens (tertiary/aromatic N) is 1. The molecule has 122 valence electrons. The zero-order chi connectivity index (χ0) is 16.7. The topological polar surface area (TPSA) is 41.8 Å². The molecule has 1 aromatic rings. The molecular weight excluding hydrogens is 342 g/mol. The fourth-order valence-corrected chi connectivity index (χ4v) is 2.97. The molecule has 1 N–H and O–H groups in total. The van der Waals surface area contributed by atoms with Crippen molar-refractivity contribution in [1.29, 1.82) is 0 Å². The van der Waals surface area contributed by atoms with Crippen LogP contribution in [0.15, 0.2) is 17.3 Å². The molecule has 0 fully saturated rings. The first-order valence-corrected chi connectivity index (χ1v) is 8.83. The summed E-state index contributed by atoms with van der Waals surface area (Å²) in [4.78, 5) is 5.43. The van der Waals surface area contributed by atoms with Gasteiger partial charge in [0, 0.05) is 28.4 Å². The average molecular weight is 368 g/mol. The minimum atomic E-state index is -0.130. The zero-order valence-corrected chi connectivity index (χ0v) is 15.9. The van der Waals surface area contributed by atoms with Crippen molar-refractivity contribution in [1.82, 2.24) is 0 Å². The first-order chi connectivity index (χ1) is 10.0. The predicted octanol–water partition coefficient (Wildman–Crippen LogP) is 4.88. The van der Waals surface area contributed by atoms with Crippen LogP contribution in [0, 0.1) is 0 Å². The smallest absolute Gasteiger partial charge is 0.142 e. The molecule has 1 aliphatic rings. The van der Waals surface area contributed by atoms with Gasteiger partial charge < -0.3 is 9.94 Å². The molecule has 1 heterocycles. The number of halogens is 1. The molecule has 2 rings (SSSR count). The highest BCUT2D eigenvalue weighted by molar-refractivity contribution is 9.09. The summed E-state index contributed by atoms with van der Waals surface area (Å²) in [5.41, 5.74) is 3.67. The lowest BCUT2D eigenvalue weighted by Gasteiger charge is -2.28. The standard InChI is InChI=1S/C18H26BrNO2/c1-17(2,3)13-7-11(15-9-12(10-19)22-20-15)8-14(16(13)21)18(4,5)6/h7-8,12,21H,9-10H2,1-6H3/t12-/m0/s1. The maximum atomic E-state index is 10.7. The second kappa shape index (κ2) is 5.88. The highest BCUT2D eigenvalue weighted by Gasteiger charge is 2.29. The summed E-state index contributed by atoms with van der Waals surface area (Å²) >= 11 is 3.44. The molecule has 0 aliphatic carbocycles. The van der Waals surface area contributed by atoms with E-state index in [0.717, 1.165) is 34.2 Å². The molecule has 0 bridgehead atoms. The van der Waals surface area contributed by atoms with Crippen LogP contribution >= 0.6 is 15.9 Å². The Morgan fingerprint density at radius 1 is 1.14 bits per heavy atom. The van der Waals surface area contributed by atoms with E-state index in [1.54, 1.807) is 0 Å². The van der Waals surface area contributed by atoms with Gasteiger partial charge >= 0.3 is 0 Å². The van der Waals surface area contributed by atoms with Crippen LogP contribution in [0.3, 0.4) is 0 Å². The quantitative estimate of drug-likeness (QED) is 0.757. The van der Waals surface area contributed by atoms with Crippen molar-refractivity contribution in [3.05, 3.63) is 28.8 Å². The molecule has 0 aromatic heterocycles. The molecule has 1 atom stereocenters. The summed E-state index contributed by atoms with van der Waals surface area (Å²) in [5.74, 6) is 0.403.